The summed E-state index contributed by atoms with van der Waals surface area (Å²) in [5.41, 5.74) is 0.760. The number of aryl methyl sites for hydroxylation is 1. The first-order valence-electron chi connectivity index (χ1n) is 8.87. The third kappa shape index (κ3) is 2.84. The lowest BCUT2D eigenvalue weighted by Crippen LogP contribution is -2.40. The van der Waals surface area contributed by atoms with Crippen LogP contribution in [0.1, 0.15) is 41.3 Å². The number of likely N-dealkylation sites (tertiary alicyclic amines) is 1. The van der Waals surface area contributed by atoms with E-state index in [9.17, 15) is 9.59 Å². The molecule has 0 bridgehead atoms. The molecule has 0 N–H and O–H groups in total. The predicted molar refractivity (Wildman–Crippen MR) is 101 cm³/mol. The van der Waals surface area contributed by atoms with Gasteiger partial charge in [0.05, 0.1) is 10.2 Å². The maximum Gasteiger partial charge on any atom is 0.345 e. The van der Waals surface area contributed by atoms with Gasteiger partial charge in [-0.05, 0) is 31.9 Å². The molecular formula is C18H21N5O2S. The quantitative estimate of drug-likeness (QED) is 0.708. The van der Waals surface area contributed by atoms with E-state index in [1.54, 1.807) is 11.6 Å². The molecule has 0 spiro atoms. The van der Waals surface area contributed by atoms with Gasteiger partial charge in [-0.1, -0.05) is 12.1 Å². The number of carbonyl (C=O) groups excluding carboxylic acids is 1. The zero-order chi connectivity index (χ0) is 18.3. The van der Waals surface area contributed by atoms with Crippen molar-refractivity contribution in [1.29, 1.82) is 0 Å². The predicted octanol–water partition coefficient (Wildman–Crippen LogP) is 2.23. The maximum atomic E-state index is 13.0. The van der Waals surface area contributed by atoms with Gasteiger partial charge in [0.25, 0.3) is 5.91 Å². The average molecular weight is 371 g/mol. The number of fused-ring (bicyclic) bond motifs is 1. The van der Waals surface area contributed by atoms with Gasteiger partial charge >= 0.3 is 5.69 Å². The maximum absolute atomic E-state index is 13.0. The Bertz CT molecular complexity index is 985. The number of carbonyl (C=O) groups is 1. The van der Waals surface area contributed by atoms with E-state index in [1.807, 2.05) is 36.1 Å². The van der Waals surface area contributed by atoms with Crippen LogP contribution in [0.5, 0.6) is 0 Å². The molecule has 1 aromatic carbocycles. The van der Waals surface area contributed by atoms with Crippen LogP contribution in [0.25, 0.3) is 10.2 Å². The third-order valence-electron chi connectivity index (χ3n) is 4.90. The zero-order valence-electron chi connectivity index (χ0n) is 14.9. The van der Waals surface area contributed by atoms with E-state index in [2.05, 4.69) is 10.1 Å². The summed E-state index contributed by atoms with van der Waals surface area (Å²) in [6, 6.07) is 7.79. The van der Waals surface area contributed by atoms with E-state index in [1.165, 1.54) is 16.0 Å². The summed E-state index contributed by atoms with van der Waals surface area (Å²) in [5, 5.41) is 4.95. The van der Waals surface area contributed by atoms with E-state index in [0.29, 0.717) is 24.6 Å². The van der Waals surface area contributed by atoms with Gasteiger partial charge in [0.1, 0.15) is 5.82 Å². The van der Waals surface area contributed by atoms with Crippen LogP contribution in [0.4, 0.5) is 0 Å². The van der Waals surface area contributed by atoms with Crippen molar-refractivity contribution in [3.05, 3.63) is 45.6 Å². The van der Waals surface area contributed by atoms with Gasteiger partial charge in [0.2, 0.25) is 0 Å². The molecule has 2 aromatic heterocycles. The lowest BCUT2D eigenvalue weighted by molar-refractivity contribution is 0.0703. The zero-order valence-corrected chi connectivity index (χ0v) is 15.7. The Hall–Kier alpha value is -2.48. The van der Waals surface area contributed by atoms with Gasteiger partial charge in [-0.3, -0.25) is 9.36 Å². The summed E-state index contributed by atoms with van der Waals surface area (Å²) in [6.45, 7) is 3.82. The lowest BCUT2D eigenvalue weighted by Gasteiger charge is -2.31. The van der Waals surface area contributed by atoms with E-state index in [-0.39, 0.29) is 17.5 Å². The molecule has 3 aromatic rings. The van der Waals surface area contributed by atoms with Gasteiger partial charge in [-0.15, -0.1) is 11.3 Å². The van der Waals surface area contributed by atoms with Crippen molar-refractivity contribution in [3.8, 4) is 0 Å². The molecule has 1 aliphatic heterocycles. The van der Waals surface area contributed by atoms with Crippen molar-refractivity contribution in [2.24, 2.45) is 7.05 Å². The van der Waals surface area contributed by atoms with Crippen molar-refractivity contribution in [3.63, 3.8) is 0 Å². The van der Waals surface area contributed by atoms with Gasteiger partial charge < -0.3 is 4.90 Å². The number of amides is 1. The summed E-state index contributed by atoms with van der Waals surface area (Å²) < 4.78 is 4.11. The molecule has 1 fully saturated rings. The van der Waals surface area contributed by atoms with Crippen LogP contribution >= 0.6 is 11.3 Å². The molecule has 0 unspecified atom stereocenters. The SMILES string of the molecule is CCn1c([C@@H]2CCCN(C(=O)c3nc4ccccc4s3)C2)nn(C)c1=O. The monoisotopic (exact) mass is 371 g/mol. The minimum atomic E-state index is -0.0999. The summed E-state index contributed by atoms with van der Waals surface area (Å²) >= 11 is 1.43. The van der Waals surface area contributed by atoms with Crippen LogP contribution in [-0.2, 0) is 13.6 Å². The summed E-state index contributed by atoms with van der Waals surface area (Å²) in [4.78, 5) is 31.5. The standard InChI is InChI=1S/C18H21N5O2S/c1-3-23-15(20-21(2)18(23)25)12-7-6-10-22(11-12)17(24)16-19-13-8-4-5-9-14(13)26-16/h4-5,8-9,12H,3,6-7,10-11H2,1-2H3/t12-/m1/s1. The van der Waals surface area contributed by atoms with Gasteiger partial charge in [-0.2, -0.15) is 5.10 Å². The second-order valence-electron chi connectivity index (χ2n) is 6.59. The van der Waals surface area contributed by atoms with E-state index >= 15 is 0 Å². The van der Waals surface area contributed by atoms with E-state index < -0.39 is 0 Å². The van der Waals surface area contributed by atoms with Crippen LogP contribution in [0.3, 0.4) is 0 Å². The first kappa shape index (κ1) is 17.0. The number of nitrogens with zero attached hydrogens (tertiary/aromatic N) is 5. The first-order chi connectivity index (χ1) is 12.6. The Morgan fingerprint density at radius 3 is 2.92 bits per heavy atom. The smallest absolute Gasteiger partial charge is 0.336 e. The number of aromatic nitrogens is 4. The van der Waals surface area contributed by atoms with Crippen molar-refractivity contribution in [2.75, 3.05) is 13.1 Å². The lowest BCUT2D eigenvalue weighted by atomic mass is 9.97. The minimum Gasteiger partial charge on any atom is -0.336 e. The molecular weight excluding hydrogens is 350 g/mol. The Morgan fingerprint density at radius 2 is 2.15 bits per heavy atom. The number of hydrogen-bond donors (Lipinski definition) is 0. The molecule has 136 valence electrons. The van der Waals surface area contributed by atoms with Crippen LogP contribution < -0.4 is 5.69 Å². The highest BCUT2D eigenvalue weighted by molar-refractivity contribution is 7.20. The van der Waals surface area contributed by atoms with Gasteiger partial charge in [0.15, 0.2) is 5.01 Å². The Balaban J connectivity index is 1.59. The highest BCUT2D eigenvalue weighted by Gasteiger charge is 2.30. The molecule has 1 saturated heterocycles. The molecule has 3 heterocycles. The number of piperidine rings is 1. The number of thiazole rings is 1. The summed E-state index contributed by atoms with van der Waals surface area (Å²) in [6.07, 6.45) is 1.83. The second-order valence-corrected chi connectivity index (χ2v) is 7.62. The van der Waals surface area contributed by atoms with Crippen LogP contribution in [0, 0.1) is 0 Å². The Labute approximate surface area is 154 Å². The van der Waals surface area contributed by atoms with E-state index in [4.69, 9.17) is 0 Å². The largest absolute Gasteiger partial charge is 0.345 e. The van der Waals surface area contributed by atoms with Crippen LogP contribution in [-0.4, -0.2) is 43.2 Å². The average Bonchev–Trinajstić information content (AvgIpc) is 3.22. The fourth-order valence-electron chi connectivity index (χ4n) is 3.59. The topological polar surface area (TPSA) is 73.0 Å². The normalized spacial score (nSPS) is 17.8. The molecule has 0 radical (unpaired) electrons. The third-order valence-corrected chi connectivity index (χ3v) is 5.93. The van der Waals surface area contributed by atoms with Crippen molar-refractivity contribution in [2.45, 2.75) is 32.2 Å². The molecule has 7 nitrogen and oxygen atoms in total. The molecule has 8 heteroatoms. The number of benzene rings is 1. The first-order valence-corrected chi connectivity index (χ1v) is 9.68. The summed E-state index contributed by atoms with van der Waals surface area (Å²) in [5.74, 6) is 0.829. The Kier molecular flexibility index (Phi) is 4.36. The molecule has 26 heavy (non-hydrogen) atoms. The molecule has 1 atom stereocenters. The van der Waals surface area contributed by atoms with Crippen LogP contribution in [0.15, 0.2) is 29.1 Å². The molecule has 4 rings (SSSR count). The van der Waals surface area contributed by atoms with Crippen molar-refractivity contribution < 1.29 is 4.79 Å². The minimum absolute atomic E-state index is 0.0303. The van der Waals surface area contributed by atoms with E-state index in [0.717, 1.165) is 28.9 Å². The summed E-state index contributed by atoms with van der Waals surface area (Å²) in [7, 11) is 1.67. The number of rotatable bonds is 3. The number of hydrogen-bond acceptors (Lipinski definition) is 5. The number of para-hydroxylation sites is 1. The highest BCUT2D eigenvalue weighted by atomic mass is 32.1. The van der Waals surface area contributed by atoms with Gasteiger partial charge in [-0.25, -0.2) is 14.5 Å². The fourth-order valence-corrected chi connectivity index (χ4v) is 4.53. The Morgan fingerprint density at radius 1 is 1.35 bits per heavy atom. The second kappa shape index (κ2) is 6.68. The fraction of sp³-hybridized carbons (Fsp3) is 0.444. The highest BCUT2D eigenvalue weighted by Crippen LogP contribution is 2.28. The molecule has 0 saturated carbocycles. The molecule has 0 aliphatic carbocycles. The van der Waals surface area contributed by atoms with Crippen molar-refractivity contribution in [1.82, 2.24) is 24.2 Å². The van der Waals surface area contributed by atoms with Crippen LogP contribution in [0.2, 0.25) is 0 Å². The molecule has 1 amide bonds. The van der Waals surface area contributed by atoms with Gasteiger partial charge in [0, 0.05) is 32.6 Å². The van der Waals surface area contributed by atoms with Crippen molar-refractivity contribution >= 4 is 27.5 Å². The molecule has 1 aliphatic rings.